The van der Waals surface area contributed by atoms with E-state index >= 15 is 0 Å². The molecular weight excluding hydrogens is 596 g/mol. The molecule has 40 heavy (non-hydrogen) atoms. The Morgan fingerprint density at radius 3 is 2.10 bits per heavy atom. The lowest BCUT2D eigenvalue weighted by molar-refractivity contribution is -0.274. The van der Waals surface area contributed by atoms with Crippen LogP contribution in [0.1, 0.15) is 24.3 Å². The lowest BCUT2D eigenvalue weighted by atomic mass is 9.99. The van der Waals surface area contributed by atoms with E-state index in [-0.39, 0.29) is 33.2 Å². The molecule has 4 rings (SSSR count). The minimum atomic E-state index is -4.96. The standard InChI is InChI=1S/C26H19Cl2F3N2O6S/c1-14(2)37-17-6-3-15(4-7-17)22-23(32-39-24(22)16-5-12-20(27)21(28)13-16)25(34)33-40(35,36)19-10-8-18(9-11-19)38-26(29,30)31/h3-14H,1-2H3,(H,33,34). The van der Waals surface area contributed by atoms with E-state index in [4.69, 9.17) is 32.5 Å². The van der Waals surface area contributed by atoms with Crippen molar-refractivity contribution in [3.8, 4) is 33.9 Å². The molecular formula is C26H19Cl2F3N2O6S. The van der Waals surface area contributed by atoms with Crippen molar-refractivity contribution in [2.75, 3.05) is 0 Å². The van der Waals surface area contributed by atoms with Gasteiger partial charge in [0.05, 0.1) is 26.6 Å². The highest BCUT2D eigenvalue weighted by Gasteiger charge is 2.32. The summed E-state index contributed by atoms with van der Waals surface area (Å²) in [5.74, 6) is -1.12. The molecule has 1 aromatic heterocycles. The first-order valence-corrected chi connectivity index (χ1v) is 13.6. The normalized spacial score (nSPS) is 11.9. The number of amides is 1. The number of alkyl halides is 3. The fourth-order valence-electron chi connectivity index (χ4n) is 3.57. The first-order chi connectivity index (χ1) is 18.7. The number of halogens is 5. The summed E-state index contributed by atoms with van der Waals surface area (Å²) >= 11 is 12.2. The van der Waals surface area contributed by atoms with Crippen LogP contribution < -0.4 is 14.2 Å². The first kappa shape index (κ1) is 29.2. The Morgan fingerprint density at radius 1 is 0.925 bits per heavy atom. The number of hydrogen-bond acceptors (Lipinski definition) is 7. The zero-order chi connectivity index (χ0) is 29.2. The highest BCUT2D eigenvalue weighted by Crippen LogP contribution is 2.38. The van der Waals surface area contributed by atoms with Crippen molar-refractivity contribution in [1.82, 2.24) is 9.88 Å². The highest BCUT2D eigenvalue weighted by atomic mass is 35.5. The molecule has 0 aliphatic carbocycles. The molecule has 0 aliphatic heterocycles. The van der Waals surface area contributed by atoms with E-state index in [0.717, 1.165) is 24.3 Å². The average molecular weight is 615 g/mol. The first-order valence-electron chi connectivity index (χ1n) is 11.4. The topological polar surface area (TPSA) is 108 Å². The smallest absolute Gasteiger partial charge is 0.491 e. The molecule has 0 saturated carbocycles. The van der Waals surface area contributed by atoms with Gasteiger partial charge in [-0.05, 0) is 74.0 Å². The van der Waals surface area contributed by atoms with Gasteiger partial charge in [0, 0.05) is 5.56 Å². The number of aromatic nitrogens is 1. The predicted molar refractivity (Wildman–Crippen MR) is 141 cm³/mol. The number of benzene rings is 3. The number of sulfonamides is 1. The van der Waals surface area contributed by atoms with E-state index < -0.39 is 32.9 Å². The van der Waals surface area contributed by atoms with Crippen LogP contribution in [-0.4, -0.2) is 31.9 Å². The highest BCUT2D eigenvalue weighted by molar-refractivity contribution is 7.90. The Balaban J connectivity index is 1.71. The Kier molecular flexibility index (Phi) is 8.33. The zero-order valence-electron chi connectivity index (χ0n) is 20.6. The van der Waals surface area contributed by atoms with Crippen LogP contribution in [0, 0.1) is 0 Å². The molecule has 8 nitrogen and oxygen atoms in total. The fourth-order valence-corrected chi connectivity index (χ4v) is 4.82. The third-order valence-corrected chi connectivity index (χ3v) is 7.28. The van der Waals surface area contributed by atoms with Crippen molar-refractivity contribution in [3.05, 3.63) is 82.5 Å². The Bertz CT molecular complexity index is 1640. The number of nitrogens with zero attached hydrogens (tertiary/aromatic N) is 1. The van der Waals surface area contributed by atoms with Crippen LogP contribution in [0.4, 0.5) is 13.2 Å². The van der Waals surface area contributed by atoms with E-state index in [9.17, 15) is 26.4 Å². The monoisotopic (exact) mass is 614 g/mol. The lowest BCUT2D eigenvalue weighted by Gasteiger charge is -2.11. The van der Waals surface area contributed by atoms with Gasteiger partial charge in [0.2, 0.25) is 0 Å². The van der Waals surface area contributed by atoms with Gasteiger partial charge in [0.25, 0.3) is 15.9 Å². The number of carbonyl (C=O) groups excluding carboxylic acids is 1. The molecule has 1 heterocycles. The molecule has 1 N–H and O–H groups in total. The van der Waals surface area contributed by atoms with E-state index in [1.54, 1.807) is 30.3 Å². The SMILES string of the molecule is CC(C)Oc1ccc(-c2c(C(=O)NS(=O)(=O)c3ccc(OC(F)(F)F)cc3)noc2-c2ccc(Cl)c(Cl)c2)cc1. The Morgan fingerprint density at radius 2 is 1.52 bits per heavy atom. The molecule has 0 atom stereocenters. The number of rotatable bonds is 8. The number of carbonyl (C=O) groups is 1. The summed E-state index contributed by atoms with van der Waals surface area (Å²) in [6.45, 7) is 3.71. The summed E-state index contributed by atoms with van der Waals surface area (Å²) in [4.78, 5) is 12.7. The van der Waals surface area contributed by atoms with Gasteiger partial charge in [0.1, 0.15) is 11.5 Å². The molecule has 14 heteroatoms. The third kappa shape index (κ3) is 6.87. The maximum absolute atomic E-state index is 13.2. The van der Waals surface area contributed by atoms with E-state index in [0.29, 0.717) is 16.9 Å². The molecule has 4 aromatic rings. The molecule has 0 radical (unpaired) electrons. The van der Waals surface area contributed by atoms with Gasteiger partial charge in [-0.25, -0.2) is 13.1 Å². The maximum atomic E-state index is 13.2. The maximum Gasteiger partial charge on any atom is 0.573 e. The van der Waals surface area contributed by atoms with Crippen molar-refractivity contribution in [2.45, 2.75) is 31.2 Å². The van der Waals surface area contributed by atoms with Gasteiger partial charge in [-0.1, -0.05) is 40.5 Å². The summed E-state index contributed by atoms with van der Waals surface area (Å²) in [6.07, 6.45) is -5.04. The molecule has 1 amide bonds. The average Bonchev–Trinajstić information content (AvgIpc) is 3.30. The van der Waals surface area contributed by atoms with Crippen molar-refractivity contribution >= 4 is 39.1 Å². The molecule has 0 aliphatic rings. The van der Waals surface area contributed by atoms with Gasteiger partial charge in [-0.15, -0.1) is 13.2 Å². The quantitative estimate of drug-likeness (QED) is 0.225. The van der Waals surface area contributed by atoms with Crippen molar-refractivity contribution in [2.24, 2.45) is 0 Å². The number of nitrogens with one attached hydrogen (secondary N) is 1. The summed E-state index contributed by atoms with van der Waals surface area (Å²) in [7, 11) is -4.53. The van der Waals surface area contributed by atoms with Gasteiger partial charge in [0.15, 0.2) is 11.5 Å². The second-order valence-electron chi connectivity index (χ2n) is 8.51. The summed E-state index contributed by atoms with van der Waals surface area (Å²) in [5, 5.41) is 4.30. The number of ether oxygens (including phenoxy) is 2. The fraction of sp³-hybridized carbons (Fsp3) is 0.154. The molecule has 0 saturated heterocycles. The molecule has 3 aromatic carbocycles. The largest absolute Gasteiger partial charge is 0.573 e. The third-order valence-electron chi connectivity index (χ3n) is 5.20. The van der Waals surface area contributed by atoms with Gasteiger partial charge in [-0.2, -0.15) is 0 Å². The van der Waals surface area contributed by atoms with Crippen LogP contribution in [-0.2, 0) is 10.0 Å². The summed E-state index contributed by atoms with van der Waals surface area (Å²) in [5.41, 5.74) is 0.617. The van der Waals surface area contributed by atoms with Crippen molar-refractivity contribution in [1.29, 1.82) is 0 Å². The van der Waals surface area contributed by atoms with E-state index in [2.05, 4.69) is 9.89 Å². The lowest BCUT2D eigenvalue weighted by Crippen LogP contribution is -2.31. The summed E-state index contributed by atoms with van der Waals surface area (Å²) < 4.78 is 79.7. The van der Waals surface area contributed by atoms with E-state index in [1.165, 1.54) is 12.1 Å². The van der Waals surface area contributed by atoms with Gasteiger partial charge >= 0.3 is 6.36 Å². The molecule has 210 valence electrons. The van der Waals surface area contributed by atoms with Gasteiger partial charge < -0.3 is 14.0 Å². The second-order valence-corrected chi connectivity index (χ2v) is 11.0. The van der Waals surface area contributed by atoms with Crippen LogP contribution in [0.5, 0.6) is 11.5 Å². The van der Waals surface area contributed by atoms with Crippen molar-refractivity contribution in [3.63, 3.8) is 0 Å². The number of hydrogen-bond donors (Lipinski definition) is 1. The molecule has 0 spiro atoms. The van der Waals surface area contributed by atoms with Crippen molar-refractivity contribution < 1.29 is 40.4 Å². The molecule has 0 unspecified atom stereocenters. The Labute approximate surface area is 236 Å². The van der Waals surface area contributed by atoms with Crippen LogP contribution in [0.2, 0.25) is 10.0 Å². The second kappa shape index (κ2) is 11.4. The predicted octanol–water partition coefficient (Wildman–Crippen LogP) is 7.12. The minimum absolute atomic E-state index is 0.0890. The van der Waals surface area contributed by atoms with Crippen LogP contribution in [0.3, 0.4) is 0 Å². The van der Waals surface area contributed by atoms with E-state index in [1.807, 2.05) is 18.6 Å². The van der Waals surface area contributed by atoms with Crippen LogP contribution in [0.15, 0.2) is 76.1 Å². The minimum Gasteiger partial charge on any atom is -0.491 e. The molecule has 0 bridgehead atoms. The Hall–Kier alpha value is -3.74. The van der Waals surface area contributed by atoms with Crippen LogP contribution >= 0.6 is 23.2 Å². The van der Waals surface area contributed by atoms with Gasteiger partial charge in [-0.3, -0.25) is 4.79 Å². The van der Waals surface area contributed by atoms with Crippen LogP contribution in [0.25, 0.3) is 22.5 Å². The zero-order valence-corrected chi connectivity index (χ0v) is 23.0. The summed E-state index contributed by atoms with van der Waals surface area (Å²) in [6, 6.07) is 14.5. The molecule has 0 fully saturated rings.